The van der Waals surface area contributed by atoms with E-state index >= 15 is 0 Å². The van der Waals surface area contributed by atoms with E-state index < -0.39 is 24.6 Å². The lowest BCUT2D eigenvalue weighted by Crippen LogP contribution is -2.11. The van der Waals surface area contributed by atoms with Crippen molar-refractivity contribution in [2.75, 3.05) is 0 Å². The second-order valence-electron chi connectivity index (χ2n) is 6.04. The molecule has 0 aliphatic carbocycles. The molecule has 0 fully saturated rings. The number of fused-ring (bicyclic) bond motifs is 3. The summed E-state index contributed by atoms with van der Waals surface area (Å²) in [5.41, 5.74) is 1.32. The Bertz CT molecular complexity index is 954. The van der Waals surface area contributed by atoms with Gasteiger partial charge in [-0.25, -0.2) is 13.8 Å². The van der Waals surface area contributed by atoms with Crippen molar-refractivity contribution in [2.45, 2.75) is 32.2 Å². The molecule has 25 heavy (non-hydrogen) atoms. The SMILES string of the molecule is Cc1ccc2nc3n(c2c1F)[C@@H](c1ccccc1OC(F)F)C[C@H]3F. The third-order valence-electron chi connectivity index (χ3n) is 4.53. The van der Waals surface area contributed by atoms with E-state index in [0.717, 1.165) is 0 Å². The van der Waals surface area contributed by atoms with E-state index in [4.69, 9.17) is 0 Å². The number of rotatable bonds is 3. The van der Waals surface area contributed by atoms with Crippen LogP contribution in [0.25, 0.3) is 11.0 Å². The molecule has 130 valence electrons. The van der Waals surface area contributed by atoms with Crippen molar-refractivity contribution in [1.29, 1.82) is 0 Å². The molecule has 0 saturated heterocycles. The molecule has 0 spiro atoms. The van der Waals surface area contributed by atoms with Crippen LogP contribution in [0.15, 0.2) is 36.4 Å². The van der Waals surface area contributed by atoms with E-state index in [2.05, 4.69) is 9.72 Å². The molecule has 0 amide bonds. The first kappa shape index (κ1) is 15.9. The molecule has 0 saturated carbocycles. The van der Waals surface area contributed by atoms with Gasteiger partial charge in [0.1, 0.15) is 17.1 Å². The number of benzene rings is 2. The highest BCUT2D eigenvalue weighted by Gasteiger charge is 2.37. The van der Waals surface area contributed by atoms with Crippen LogP contribution in [0, 0.1) is 12.7 Å². The summed E-state index contributed by atoms with van der Waals surface area (Å²) < 4.78 is 60.6. The number of alkyl halides is 3. The first-order valence-electron chi connectivity index (χ1n) is 7.82. The summed E-state index contributed by atoms with van der Waals surface area (Å²) in [6, 6.07) is 8.74. The highest BCUT2D eigenvalue weighted by atomic mass is 19.3. The summed E-state index contributed by atoms with van der Waals surface area (Å²) in [6.07, 6.45) is -1.41. The lowest BCUT2D eigenvalue weighted by Gasteiger charge is -2.19. The molecule has 3 nitrogen and oxygen atoms in total. The van der Waals surface area contributed by atoms with Crippen LogP contribution in [0.4, 0.5) is 17.6 Å². The summed E-state index contributed by atoms with van der Waals surface area (Å²) in [5.74, 6) is -0.420. The number of hydrogen-bond acceptors (Lipinski definition) is 2. The molecule has 3 aromatic rings. The highest BCUT2D eigenvalue weighted by Crippen LogP contribution is 2.46. The van der Waals surface area contributed by atoms with Crippen molar-refractivity contribution < 1.29 is 22.3 Å². The Kier molecular flexibility index (Phi) is 3.67. The van der Waals surface area contributed by atoms with E-state index in [9.17, 15) is 17.6 Å². The zero-order chi connectivity index (χ0) is 17.7. The van der Waals surface area contributed by atoms with Crippen molar-refractivity contribution in [3.05, 3.63) is 59.2 Å². The average molecular weight is 350 g/mol. The average Bonchev–Trinajstić information content (AvgIpc) is 3.09. The maximum absolute atomic E-state index is 14.7. The van der Waals surface area contributed by atoms with E-state index in [1.165, 1.54) is 10.6 Å². The molecule has 4 rings (SSSR count). The van der Waals surface area contributed by atoms with Gasteiger partial charge in [0.15, 0.2) is 12.0 Å². The third-order valence-corrected chi connectivity index (χ3v) is 4.53. The topological polar surface area (TPSA) is 27.1 Å². The van der Waals surface area contributed by atoms with Gasteiger partial charge in [0.05, 0.1) is 11.6 Å². The molecule has 1 aliphatic heterocycles. The van der Waals surface area contributed by atoms with Crippen molar-refractivity contribution in [1.82, 2.24) is 9.55 Å². The van der Waals surface area contributed by atoms with E-state index in [-0.39, 0.29) is 23.5 Å². The minimum Gasteiger partial charge on any atom is -0.434 e. The van der Waals surface area contributed by atoms with Crippen LogP contribution in [0.1, 0.15) is 35.6 Å². The second-order valence-corrected chi connectivity index (χ2v) is 6.04. The third kappa shape index (κ3) is 2.45. The van der Waals surface area contributed by atoms with Crippen molar-refractivity contribution in [3.8, 4) is 5.75 Å². The fraction of sp³-hybridized carbons (Fsp3) is 0.278. The van der Waals surface area contributed by atoms with Gasteiger partial charge in [0.2, 0.25) is 0 Å². The smallest absolute Gasteiger partial charge is 0.387 e. The van der Waals surface area contributed by atoms with Gasteiger partial charge in [0, 0.05) is 12.0 Å². The number of nitrogens with zero attached hydrogens (tertiary/aromatic N) is 2. The number of ether oxygens (including phenoxy) is 1. The Morgan fingerprint density at radius 1 is 1.20 bits per heavy atom. The van der Waals surface area contributed by atoms with Crippen molar-refractivity contribution in [2.24, 2.45) is 0 Å². The van der Waals surface area contributed by atoms with E-state index in [0.29, 0.717) is 16.6 Å². The van der Waals surface area contributed by atoms with Crippen LogP contribution in [0.5, 0.6) is 5.75 Å². The molecule has 0 radical (unpaired) electrons. The first-order chi connectivity index (χ1) is 12.0. The number of hydrogen-bond donors (Lipinski definition) is 0. The van der Waals surface area contributed by atoms with Crippen LogP contribution in [0.3, 0.4) is 0 Å². The molecule has 7 heteroatoms. The van der Waals surface area contributed by atoms with Crippen LogP contribution in [-0.4, -0.2) is 16.2 Å². The van der Waals surface area contributed by atoms with Gasteiger partial charge in [-0.2, -0.15) is 8.78 Å². The molecule has 2 heterocycles. The van der Waals surface area contributed by atoms with Crippen molar-refractivity contribution >= 4 is 11.0 Å². The maximum Gasteiger partial charge on any atom is 0.387 e. The number of halogens is 4. The maximum atomic E-state index is 14.7. The molecule has 0 bridgehead atoms. The Balaban J connectivity index is 1.93. The van der Waals surface area contributed by atoms with Gasteiger partial charge in [-0.15, -0.1) is 0 Å². The standard InChI is InChI=1S/C18H14F4N2O/c1-9-6-7-12-16(15(9)20)24-13(8-11(19)17(24)23-12)10-4-2-3-5-14(10)25-18(21)22/h2-7,11,13,18H,8H2,1H3/t11-,13-/m1/s1. The summed E-state index contributed by atoms with van der Waals surface area (Å²) in [6.45, 7) is -1.39. The van der Waals surface area contributed by atoms with Crippen LogP contribution < -0.4 is 4.74 Å². The molecule has 1 aliphatic rings. The molecule has 0 unspecified atom stereocenters. The highest BCUT2D eigenvalue weighted by molar-refractivity contribution is 5.78. The first-order valence-corrected chi connectivity index (χ1v) is 7.82. The summed E-state index contributed by atoms with van der Waals surface area (Å²) in [4.78, 5) is 4.20. The lowest BCUT2D eigenvalue weighted by molar-refractivity contribution is -0.0507. The van der Waals surface area contributed by atoms with E-state index in [1.807, 2.05) is 0 Å². The van der Waals surface area contributed by atoms with E-state index in [1.54, 1.807) is 37.3 Å². The quantitative estimate of drug-likeness (QED) is 0.615. The Hall–Kier alpha value is -2.57. The summed E-state index contributed by atoms with van der Waals surface area (Å²) in [7, 11) is 0. The van der Waals surface area contributed by atoms with Gasteiger partial charge >= 0.3 is 6.61 Å². The monoisotopic (exact) mass is 350 g/mol. The number of aryl methyl sites for hydroxylation is 1. The molecule has 1 aromatic heterocycles. The van der Waals surface area contributed by atoms with Gasteiger partial charge in [-0.1, -0.05) is 24.3 Å². The predicted octanol–water partition coefficient (Wildman–Crippen LogP) is 5.09. The Labute approximate surface area is 140 Å². The Morgan fingerprint density at radius 3 is 2.72 bits per heavy atom. The predicted molar refractivity (Wildman–Crippen MR) is 84.1 cm³/mol. The number of aromatic nitrogens is 2. The largest absolute Gasteiger partial charge is 0.434 e. The van der Waals surface area contributed by atoms with Crippen LogP contribution in [-0.2, 0) is 0 Å². The normalized spacial score (nSPS) is 19.6. The number of para-hydroxylation sites is 1. The second kappa shape index (κ2) is 5.75. The Morgan fingerprint density at radius 2 is 1.96 bits per heavy atom. The molecule has 2 atom stereocenters. The zero-order valence-corrected chi connectivity index (χ0v) is 13.2. The zero-order valence-electron chi connectivity index (χ0n) is 13.2. The van der Waals surface area contributed by atoms with Gasteiger partial charge in [-0.3, -0.25) is 0 Å². The van der Waals surface area contributed by atoms with Crippen LogP contribution in [0.2, 0.25) is 0 Å². The molecule has 0 N–H and O–H groups in total. The minimum absolute atomic E-state index is 0.00470. The lowest BCUT2D eigenvalue weighted by atomic mass is 10.0. The minimum atomic E-state index is -3.00. The summed E-state index contributed by atoms with van der Waals surface area (Å²) in [5, 5.41) is 0. The summed E-state index contributed by atoms with van der Waals surface area (Å²) >= 11 is 0. The molecule has 2 aromatic carbocycles. The molecular weight excluding hydrogens is 336 g/mol. The van der Waals surface area contributed by atoms with Gasteiger partial charge in [-0.05, 0) is 24.6 Å². The molecular formula is C18H14F4N2O. The van der Waals surface area contributed by atoms with Crippen LogP contribution >= 0.6 is 0 Å². The van der Waals surface area contributed by atoms with Gasteiger partial charge < -0.3 is 9.30 Å². The van der Waals surface area contributed by atoms with Gasteiger partial charge in [0.25, 0.3) is 0 Å². The fourth-order valence-electron chi connectivity index (χ4n) is 3.43. The van der Waals surface area contributed by atoms with Crippen molar-refractivity contribution in [3.63, 3.8) is 0 Å². The fourth-order valence-corrected chi connectivity index (χ4v) is 3.43. The number of imidazole rings is 1.